The first-order chi connectivity index (χ1) is 9.69. The number of amides is 1. The summed E-state index contributed by atoms with van der Waals surface area (Å²) in [6, 6.07) is 4.13. The Morgan fingerprint density at radius 3 is 2.50 bits per heavy atom. The zero-order chi connectivity index (χ0) is 14.8. The van der Waals surface area contributed by atoms with Crippen LogP contribution in [0.4, 0.5) is 0 Å². The van der Waals surface area contributed by atoms with Crippen molar-refractivity contribution in [3.05, 3.63) is 24.0 Å². The monoisotopic (exact) mass is 278 g/mol. The number of hydrogen-bond donors (Lipinski definition) is 0. The largest absolute Gasteiger partial charge is 0.353 e. The molecule has 0 aliphatic carbocycles. The first-order valence-electron chi connectivity index (χ1n) is 8.07. The van der Waals surface area contributed by atoms with Crippen molar-refractivity contribution in [2.45, 2.75) is 65.3 Å². The minimum atomic E-state index is 0.310. The summed E-state index contributed by atoms with van der Waals surface area (Å²) < 4.78 is 2.09. The molecule has 0 radical (unpaired) electrons. The number of carbonyl (C=O) groups excluding carboxylic acids is 1. The summed E-state index contributed by atoms with van der Waals surface area (Å²) in [5.74, 6) is 0.310. The Bertz CT molecular complexity index is 384. The van der Waals surface area contributed by atoms with E-state index in [2.05, 4.69) is 24.5 Å². The van der Waals surface area contributed by atoms with E-state index in [-0.39, 0.29) is 0 Å². The lowest BCUT2D eigenvalue weighted by molar-refractivity contribution is -0.132. The third-order valence-corrected chi connectivity index (χ3v) is 3.74. The van der Waals surface area contributed by atoms with Crippen LogP contribution < -0.4 is 0 Å². The predicted molar refractivity (Wildman–Crippen MR) is 84.5 cm³/mol. The Balaban J connectivity index is 2.40. The van der Waals surface area contributed by atoms with E-state index in [9.17, 15) is 4.79 Å². The first kappa shape index (κ1) is 16.8. The summed E-state index contributed by atoms with van der Waals surface area (Å²) in [5, 5.41) is 0. The molecule has 3 nitrogen and oxygen atoms in total. The van der Waals surface area contributed by atoms with Gasteiger partial charge in [-0.25, -0.2) is 0 Å². The fraction of sp³-hybridized carbons (Fsp3) is 0.706. The van der Waals surface area contributed by atoms with E-state index < -0.39 is 0 Å². The summed E-state index contributed by atoms with van der Waals surface area (Å²) in [6.07, 6.45) is 9.78. The second kappa shape index (κ2) is 9.62. The van der Waals surface area contributed by atoms with E-state index in [1.54, 1.807) is 0 Å². The lowest BCUT2D eigenvalue weighted by Crippen LogP contribution is -2.31. The van der Waals surface area contributed by atoms with Gasteiger partial charge in [0, 0.05) is 31.9 Å². The molecule has 0 spiro atoms. The number of aryl methyl sites for hydroxylation is 1. The zero-order valence-electron chi connectivity index (χ0n) is 13.4. The van der Waals surface area contributed by atoms with Crippen LogP contribution in [0.2, 0.25) is 0 Å². The molecule has 0 saturated carbocycles. The van der Waals surface area contributed by atoms with E-state index in [4.69, 9.17) is 0 Å². The molecule has 0 fully saturated rings. The highest BCUT2D eigenvalue weighted by atomic mass is 16.2. The maximum atomic E-state index is 12.3. The molecule has 1 rings (SSSR count). The maximum Gasteiger partial charge on any atom is 0.222 e. The first-order valence-corrected chi connectivity index (χ1v) is 8.07. The molecule has 0 aliphatic heterocycles. The molecule has 0 N–H and O–H groups in total. The van der Waals surface area contributed by atoms with Gasteiger partial charge in [0.2, 0.25) is 5.91 Å². The van der Waals surface area contributed by atoms with E-state index in [1.165, 1.54) is 31.4 Å². The normalized spacial score (nSPS) is 10.8. The Kier molecular flexibility index (Phi) is 8.08. The molecule has 0 aliphatic rings. The van der Waals surface area contributed by atoms with Crippen LogP contribution in [0.3, 0.4) is 0 Å². The van der Waals surface area contributed by atoms with Crippen molar-refractivity contribution in [2.75, 3.05) is 6.54 Å². The van der Waals surface area contributed by atoms with E-state index in [1.807, 2.05) is 24.2 Å². The third kappa shape index (κ3) is 5.81. The molecule has 3 heteroatoms. The van der Waals surface area contributed by atoms with Crippen molar-refractivity contribution in [3.63, 3.8) is 0 Å². The molecular weight excluding hydrogens is 248 g/mol. The average molecular weight is 278 g/mol. The Morgan fingerprint density at radius 1 is 1.15 bits per heavy atom. The highest BCUT2D eigenvalue weighted by molar-refractivity contribution is 5.76. The Morgan fingerprint density at radius 2 is 1.90 bits per heavy atom. The number of nitrogens with zero attached hydrogens (tertiary/aromatic N) is 2. The molecule has 0 saturated heterocycles. The lowest BCUT2D eigenvalue weighted by atomic mass is 10.1. The van der Waals surface area contributed by atoms with Gasteiger partial charge in [0.15, 0.2) is 0 Å². The highest BCUT2D eigenvalue weighted by Gasteiger charge is 2.13. The Labute approximate surface area is 124 Å². The smallest absolute Gasteiger partial charge is 0.222 e. The summed E-state index contributed by atoms with van der Waals surface area (Å²) >= 11 is 0. The summed E-state index contributed by atoms with van der Waals surface area (Å²) in [7, 11) is 2.04. The summed E-state index contributed by atoms with van der Waals surface area (Å²) in [4.78, 5) is 14.3. The van der Waals surface area contributed by atoms with Crippen molar-refractivity contribution < 1.29 is 4.79 Å². The molecule has 0 atom stereocenters. The molecule has 0 unspecified atom stereocenters. The number of rotatable bonds is 10. The van der Waals surface area contributed by atoms with Gasteiger partial charge in [0.05, 0.1) is 6.54 Å². The topological polar surface area (TPSA) is 25.2 Å². The van der Waals surface area contributed by atoms with Crippen LogP contribution in [-0.2, 0) is 18.4 Å². The molecule has 1 heterocycles. The molecule has 20 heavy (non-hydrogen) atoms. The van der Waals surface area contributed by atoms with Crippen molar-refractivity contribution >= 4 is 5.91 Å². The zero-order valence-corrected chi connectivity index (χ0v) is 13.4. The molecule has 0 aromatic carbocycles. The van der Waals surface area contributed by atoms with Gasteiger partial charge in [0.1, 0.15) is 0 Å². The fourth-order valence-electron chi connectivity index (χ4n) is 2.46. The minimum Gasteiger partial charge on any atom is -0.353 e. The molecule has 114 valence electrons. The number of aromatic nitrogens is 1. The second-order valence-corrected chi connectivity index (χ2v) is 5.59. The number of unbranched alkanes of at least 4 members (excludes halogenated alkanes) is 4. The van der Waals surface area contributed by atoms with Crippen molar-refractivity contribution in [1.29, 1.82) is 0 Å². The van der Waals surface area contributed by atoms with Gasteiger partial charge in [-0.15, -0.1) is 0 Å². The number of hydrogen-bond acceptors (Lipinski definition) is 1. The van der Waals surface area contributed by atoms with Crippen LogP contribution in [0.25, 0.3) is 0 Å². The standard InChI is InChI=1S/C17H30N2O/c1-4-6-7-8-9-12-17(20)19(13-5-2)15-16-11-10-14-18(16)3/h10-11,14H,4-9,12-13,15H2,1-3H3. The summed E-state index contributed by atoms with van der Waals surface area (Å²) in [5.41, 5.74) is 1.21. The SMILES string of the molecule is CCCCCCCC(=O)N(CCC)Cc1cccn1C. The van der Waals surface area contributed by atoms with Gasteiger partial charge in [-0.3, -0.25) is 4.79 Å². The van der Waals surface area contributed by atoms with Crippen LogP contribution >= 0.6 is 0 Å². The van der Waals surface area contributed by atoms with Crippen LogP contribution in [-0.4, -0.2) is 21.9 Å². The van der Waals surface area contributed by atoms with E-state index in [0.29, 0.717) is 12.3 Å². The van der Waals surface area contributed by atoms with Gasteiger partial charge in [-0.05, 0) is 25.0 Å². The quantitative estimate of drug-likeness (QED) is 0.591. The Hall–Kier alpha value is -1.25. The molecule has 1 aromatic heterocycles. The van der Waals surface area contributed by atoms with Crippen LogP contribution in [0, 0.1) is 0 Å². The second-order valence-electron chi connectivity index (χ2n) is 5.59. The molecule has 1 amide bonds. The van der Waals surface area contributed by atoms with Gasteiger partial charge >= 0.3 is 0 Å². The maximum absolute atomic E-state index is 12.3. The van der Waals surface area contributed by atoms with Gasteiger partial charge in [-0.1, -0.05) is 39.5 Å². The summed E-state index contributed by atoms with van der Waals surface area (Å²) in [6.45, 7) is 5.95. The van der Waals surface area contributed by atoms with Gasteiger partial charge in [0.25, 0.3) is 0 Å². The van der Waals surface area contributed by atoms with E-state index >= 15 is 0 Å². The number of carbonyl (C=O) groups is 1. The van der Waals surface area contributed by atoms with Crippen molar-refractivity contribution in [3.8, 4) is 0 Å². The average Bonchev–Trinajstić information content (AvgIpc) is 2.83. The molecular formula is C17H30N2O. The molecule has 1 aromatic rings. The van der Waals surface area contributed by atoms with E-state index in [0.717, 1.165) is 25.9 Å². The predicted octanol–water partition coefficient (Wildman–Crippen LogP) is 4.12. The third-order valence-electron chi connectivity index (χ3n) is 3.74. The lowest BCUT2D eigenvalue weighted by Gasteiger charge is -2.22. The molecule has 0 bridgehead atoms. The minimum absolute atomic E-state index is 0.310. The van der Waals surface area contributed by atoms with Crippen LogP contribution in [0.1, 0.15) is 64.5 Å². The van der Waals surface area contributed by atoms with Crippen LogP contribution in [0.5, 0.6) is 0 Å². The van der Waals surface area contributed by atoms with Crippen molar-refractivity contribution in [1.82, 2.24) is 9.47 Å². The van der Waals surface area contributed by atoms with Gasteiger partial charge < -0.3 is 9.47 Å². The highest BCUT2D eigenvalue weighted by Crippen LogP contribution is 2.11. The fourth-order valence-corrected chi connectivity index (χ4v) is 2.46. The van der Waals surface area contributed by atoms with Gasteiger partial charge in [-0.2, -0.15) is 0 Å². The van der Waals surface area contributed by atoms with Crippen LogP contribution in [0.15, 0.2) is 18.3 Å². The van der Waals surface area contributed by atoms with Crippen molar-refractivity contribution in [2.24, 2.45) is 7.05 Å².